The van der Waals surface area contributed by atoms with E-state index in [2.05, 4.69) is 27.9 Å². The zero-order valence-corrected chi connectivity index (χ0v) is 11.7. The van der Waals surface area contributed by atoms with Crippen molar-refractivity contribution >= 4 is 23.4 Å². The minimum absolute atomic E-state index is 0. The maximum absolute atomic E-state index is 8.98. The highest BCUT2D eigenvalue weighted by molar-refractivity contribution is 5.85. The van der Waals surface area contributed by atoms with Gasteiger partial charge in [-0.25, -0.2) is 4.98 Å². The number of hydrogen-bond acceptors (Lipinski definition) is 3. The fourth-order valence-electron chi connectivity index (χ4n) is 2.80. The molecule has 0 amide bonds. The molecule has 1 aliphatic rings. The van der Waals surface area contributed by atoms with Crippen LogP contribution in [0.4, 0.5) is 0 Å². The van der Waals surface area contributed by atoms with E-state index in [1.165, 1.54) is 5.52 Å². The van der Waals surface area contributed by atoms with Crippen LogP contribution in [0.5, 0.6) is 0 Å². The zero-order valence-electron chi connectivity index (χ0n) is 10.9. The second-order valence-electron chi connectivity index (χ2n) is 4.91. The van der Waals surface area contributed by atoms with E-state index >= 15 is 0 Å². The van der Waals surface area contributed by atoms with Crippen molar-refractivity contribution in [2.75, 3.05) is 13.1 Å². The summed E-state index contributed by atoms with van der Waals surface area (Å²) in [4.78, 5) is 4.45. The Morgan fingerprint density at radius 3 is 2.79 bits per heavy atom. The van der Waals surface area contributed by atoms with Crippen LogP contribution in [0, 0.1) is 18.3 Å². The fourth-order valence-corrected chi connectivity index (χ4v) is 2.80. The van der Waals surface area contributed by atoms with Crippen LogP contribution in [-0.2, 0) is 0 Å². The van der Waals surface area contributed by atoms with E-state index in [9.17, 15) is 0 Å². The van der Waals surface area contributed by atoms with Crippen molar-refractivity contribution in [2.24, 2.45) is 0 Å². The number of piperidine rings is 1. The smallest absolute Gasteiger partial charge is 0.0992 e. The summed E-state index contributed by atoms with van der Waals surface area (Å²) >= 11 is 0. The molecule has 0 spiro atoms. The molecule has 100 valence electrons. The van der Waals surface area contributed by atoms with Gasteiger partial charge in [0.1, 0.15) is 0 Å². The maximum Gasteiger partial charge on any atom is 0.0992 e. The Morgan fingerprint density at radius 1 is 1.37 bits per heavy atom. The van der Waals surface area contributed by atoms with Gasteiger partial charge in [0.05, 0.1) is 29.0 Å². The molecule has 0 unspecified atom stereocenters. The van der Waals surface area contributed by atoms with Gasteiger partial charge in [0.15, 0.2) is 0 Å². The van der Waals surface area contributed by atoms with E-state index in [4.69, 9.17) is 5.26 Å². The van der Waals surface area contributed by atoms with Gasteiger partial charge >= 0.3 is 0 Å². The van der Waals surface area contributed by atoms with Crippen LogP contribution < -0.4 is 5.32 Å². The molecule has 5 heteroatoms. The first-order chi connectivity index (χ1) is 8.79. The maximum atomic E-state index is 8.98. The lowest BCUT2D eigenvalue weighted by atomic mass is 10.1. The second kappa shape index (κ2) is 5.60. The van der Waals surface area contributed by atoms with Gasteiger partial charge in [-0.05, 0) is 50.6 Å². The molecule has 4 nitrogen and oxygen atoms in total. The molecular formula is C14H17ClN4. The third-order valence-electron chi connectivity index (χ3n) is 3.69. The molecule has 0 radical (unpaired) electrons. The monoisotopic (exact) mass is 276 g/mol. The number of nitrogens with one attached hydrogen (secondary N) is 1. The van der Waals surface area contributed by atoms with Gasteiger partial charge in [0.25, 0.3) is 0 Å². The lowest BCUT2D eigenvalue weighted by Crippen LogP contribution is -2.29. The highest BCUT2D eigenvalue weighted by Gasteiger charge is 2.18. The minimum atomic E-state index is 0. The Bertz CT molecular complexity index is 620. The SMILES string of the molecule is Cc1cc(C#N)cc2ncn(C3CCNCC3)c12.Cl. The highest BCUT2D eigenvalue weighted by Crippen LogP contribution is 2.27. The van der Waals surface area contributed by atoms with Crippen LogP contribution in [0.3, 0.4) is 0 Å². The number of aryl methyl sites for hydroxylation is 1. The Labute approximate surface area is 118 Å². The summed E-state index contributed by atoms with van der Waals surface area (Å²) in [6.45, 7) is 4.20. The summed E-state index contributed by atoms with van der Waals surface area (Å²) in [7, 11) is 0. The van der Waals surface area contributed by atoms with Crippen molar-refractivity contribution in [3.05, 3.63) is 29.6 Å². The summed E-state index contributed by atoms with van der Waals surface area (Å²) in [5.41, 5.74) is 3.95. The number of halogens is 1. The molecule has 0 saturated carbocycles. The van der Waals surface area contributed by atoms with E-state index in [1.807, 2.05) is 18.5 Å². The van der Waals surface area contributed by atoms with E-state index in [0.29, 0.717) is 11.6 Å². The normalized spacial score (nSPS) is 16.0. The van der Waals surface area contributed by atoms with Gasteiger partial charge in [0, 0.05) is 6.04 Å². The molecule has 2 aromatic rings. The zero-order chi connectivity index (χ0) is 12.5. The molecule has 1 fully saturated rings. The van der Waals surface area contributed by atoms with Gasteiger partial charge in [-0.15, -0.1) is 12.4 Å². The Kier molecular flexibility index (Phi) is 4.08. The number of aromatic nitrogens is 2. The van der Waals surface area contributed by atoms with E-state index in [-0.39, 0.29) is 12.4 Å². The van der Waals surface area contributed by atoms with Crippen LogP contribution in [-0.4, -0.2) is 22.6 Å². The quantitative estimate of drug-likeness (QED) is 0.871. The molecule has 0 atom stereocenters. The number of nitrogens with zero attached hydrogens (tertiary/aromatic N) is 3. The molecule has 3 rings (SSSR count). The molecule has 1 aliphatic heterocycles. The largest absolute Gasteiger partial charge is 0.327 e. The first-order valence-corrected chi connectivity index (χ1v) is 6.37. The second-order valence-corrected chi connectivity index (χ2v) is 4.91. The van der Waals surface area contributed by atoms with Gasteiger partial charge in [-0.1, -0.05) is 0 Å². The lowest BCUT2D eigenvalue weighted by Gasteiger charge is -2.24. The molecule has 0 aliphatic carbocycles. The molecule has 1 aromatic heterocycles. The number of hydrogen-bond donors (Lipinski definition) is 1. The first-order valence-electron chi connectivity index (χ1n) is 6.37. The molecule has 1 aromatic carbocycles. The Morgan fingerprint density at radius 2 is 2.11 bits per heavy atom. The van der Waals surface area contributed by atoms with Crippen molar-refractivity contribution in [1.29, 1.82) is 5.26 Å². The molecule has 2 heterocycles. The number of fused-ring (bicyclic) bond motifs is 1. The van der Waals surface area contributed by atoms with Crippen LogP contribution in [0.25, 0.3) is 11.0 Å². The number of rotatable bonds is 1. The number of benzene rings is 1. The average molecular weight is 277 g/mol. The van der Waals surface area contributed by atoms with Gasteiger partial charge in [-0.3, -0.25) is 0 Å². The lowest BCUT2D eigenvalue weighted by molar-refractivity contribution is 0.374. The predicted molar refractivity (Wildman–Crippen MR) is 77.6 cm³/mol. The van der Waals surface area contributed by atoms with Gasteiger partial charge < -0.3 is 9.88 Å². The summed E-state index contributed by atoms with van der Waals surface area (Å²) in [5, 5.41) is 12.4. The van der Waals surface area contributed by atoms with Crippen LogP contribution in [0.15, 0.2) is 18.5 Å². The van der Waals surface area contributed by atoms with Crippen LogP contribution in [0.2, 0.25) is 0 Å². The molecule has 19 heavy (non-hydrogen) atoms. The molecular weight excluding hydrogens is 260 g/mol. The van der Waals surface area contributed by atoms with E-state index < -0.39 is 0 Å². The third kappa shape index (κ3) is 2.44. The molecule has 0 bridgehead atoms. The standard InChI is InChI=1S/C14H16N4.ClH/c1-10-6-11(8-15)7-13-14(10)18(9-17-13)12-2-4-16-5-3-12;/h6-7,9,12,16H,2-5H2,1H3;1H. The van der Waals surface area contributed by atoms with E-state index in [0.717, 1.165) is 37.0 Å². The van der Waals surface area contributed by atoms with Gasteiger partial charge in [-0.2, -0.15) is 5.26 Å². The van der Waals surface area contributed by atoms with Crippen molar-refractivity contribution in [3.63, 3.8) is 0 Å². The highest BCUT2D eigenvalue weighted by atomic mass is 35.5. The number of nitriles is 1. The Hall–Kier alpha value is -1.57. The molecule has 1 N–H and O–H groups in total. The predicted octanol–water partition coefficient (Wildman–Crippen LogP) is 2.56. The minimum Gasteiger partial charge on any atom is -0.327 e. The molecule has 1 saturated heterocycles. The third-order valence-corrected chi connectivity index (χ3v) is 3.69. The Balaban J connectivity index is 0.00000133. The van der Waals surface area contributed by atoms with Crippen molar-refractivity contribution in [3.8, 4) is 6.07 Å². The topological polar surface area (TPSA) is 53.6 Å². The van der Waals surface area contributed by atoms with Crippen molar-refractivity contribution in [2.45, 2.75) is 25.8 Å². The first kappa shape index (κ1) is 13.9. The summed E-state index contributed by atoms with van der Waals surface area (Å²) in [6, 6.07) is 6.54. The summed E-state index contributed by atoms with van der Waals surface area (Å²) in [6.07, 6.45) is 4.21. The average Bonchev–Trinajstić information content (AvgIpc) is 2.84. The van der Waals surface area contributed by atoms with Gasteiger partial charge in [0.2, 0.25) is 0 Å². The van der Waals surface area contributed by atoms with Crippen molar-refractivity contribution < 1.29 is 0 Å². The summed E-state index contributed by atoms with van der Waals surface area (Å²) in [5.74, 6) is 0. The van der Waals surface area contributed by atoms with Crippen molar-refractivity contribution in [1.82, 2.24) is 14.9 Å². The van der Waals surface area contributed by atoms with Crippen LogP contribution >= 0.6 is 12.4 Å². The summed E-state index contributed by atoms with van der Waals surface area (Å²) < 4.78 is 2.28. The number of imidazole rings is 1. The van der Waals surface area contributed by atoms with E-state index in [1.54, 1.807) is 0 Å². The fraction of sp³-hybridized carbons (Fsp3) is 0.429. The van der Waals surface area contributed by atoms with Crippen LogP contribution in [0.1, 0.15) is 30.0 Å².